The van der Waals surface area contributed by atoms with Gasteiger partial charge < -0.3 is 15.5 Å². The Hall–Kier alpha value is -1.55. The minimum atomic E-state index is 0.128. The largest absolute Gasteiger partial charge is 0.399 e. The summed E-state index contributed by atoms with van der Waals surface area (Å²) in [7, 11) is 0. The van der Waals surface area contributed by atoms with Crippen molar-refractivity contribution in [2.75, 3.05) is 30.3 Å². The molecule has 1 unspecified atom stereocenters. The van der Waals surface area contributed by atoms with Crippen molar-refractivity contribution in [3.05, 3.63) is 24.3 Å². The summed E-state index contributed by atoms with van der Waals surface area (Å²) >= 11 is 0. The molecule has 4 heteroatoms. The molecule has 4 rings (SSSR count). The molecular formula is C15H21N3O. The third kappa shape index (κ3) is 2.32. The molecule has 0 aliphatic carbocycles. The molecule has 3 aliphatic rings. The Morgan fingerprint density at radius 2 is 1.89 bits per heavy atom. The van der Waals surface area contributed by atoms with Crippen molar-refractivity contribution in [1.29, 1.82) is 0 Å². The van der Waals surface area contributed by atoms with Gasteiger partial charge in [-0.1, -0.05) is 0 Å². The maximum atomic E-state index is 12.1. The number of nitrogens with zero attached hydrogens (tertiary/aromatic N) is 2. The first-order valence-corrected chi connectivity index (χ1v) is 7.03. The van der Waals surface area contributed by atoms with Crippen LogP contribution in [0.5, 0.6) is 0 Å². The van der Waals surface area contributed by atoms with Crippen molar-refractivity contribution in [3.63, 3.8) is 0 Å². The van der Waals surface area contributed by atoms with Crippen LogP contribution in [0, 0.1) is 5.92 Å². The Kier molecular flexibility index (Phi) is 3.19. The molecule has 1 aromatic carbocycles. The minimum absolute atomic E-state index is 0.128. The van der Waals surface area contributed by atoms with E-state index in [1.54, 1.807) is 6.92 Å². The second kappa shape index (κ2) is 4.85. The fourth-order valence-corrected chi connectivity index (χ4v) is 3.47. The Morgan fingerprint density at radius 1 is 1.26 bits per heavy atom. The topological polar surface area (TPSA) is 49.6 Å². The van der Waals surface area contributed by atoms with Crippen molar-refractivity contribution < 1.29 is 4.79 Å². The predicted molar refractivity (Wildman–Crippen MR) is 77.0 cm³/mol. The fraction of sp³-hybridized carbons (Fsp3) is 0.533. The molecule has 0 saturated carbocycles. The first kappa shape index (κ1) is 12.5. The lowest BCUT2D eigenvalue weighted by atomic mass is 9.83. The molecule has 3 aliphatic heterocycles. The monoisotopic (exact) mass is 259 g/mol. The molecule has 1 atom stereocenters. The van der Waals surface area contributed by atoms with E-state index in [9.17, 15) is 4.79 Å². The van der Waals surface area contributed by atoms with E-state index in [1.165, 1.54) is 25.9 Å². The van der Waals surface area contributed by atoms with Gasteiger partial charge in [0, 0.05) is 24.8 Å². The number of carbonyl (C=O) groups excluding carboxylic acids is 1. The van der Waals surface area contributed by atoms with Crippen LogP contribution in [0.2, 0.25) is 0 Å². The lowest BCUT2D eigenvalue weighted by Gasteiger charge is -2.48. The highest BCUT2D eigenvalue weighted by molar-refractivity contribution is 5.92. The molecule has 2 N–H and O–H groups in total. The van der Waals surface area contributed by atoms with Gasteiger partial charge >= 0.3 is 0 Å². The van der Waals surface area contributed by atoms with E-state index in [-0.39, 0.29) is 5.91 Å². The van der Waals surface area contributed by atoms with Crippen molar-refractivity contribution in [2.45, 2.75) is 25.8 Å². The van der Waals surface area contributed by atoms with E-state index >= 15 is 0 Å². The molecular weight excluding hydrogens is 238 g/mol. The van der Waals surface area contributed by atoms with Gasteiger partial charge in [-0.2, -0.15) is 0 Å². The average molecular weight is 259 g/mol. The summed E-state index contributed by atoms with van der Waals surface area (Å²) in [5.74, 6) is 0.773. The lowest BCUT2D eigenvalue weighted by Crippen LogP contribution is -2.58. The highest BCUT2D eigenvalue weighted by atomic mass is 16.2. The number of hydrogen-bond donors (Lipinski definition) is 1. The number of rotatable bonds is 2. The molecule has 102 valence electrons. The first-order valence-electron chi connectivity index (χ1n) is 7.03. The normalized spacial score (nSPS) is 29.2. The van der Waals surface area contributed by atoms with Gasteiger partial charge in [0.15, 0.2) is 0 Å². The zero-order valence-electron chi connectivity index (χ0n) is 11.4. The van der Waals surface area contributed by atoms with Crippen LogP contribution in [-0.2, 0) is 4.79 Å². The van der Waals surface area contributed by atoms with Crippen LogP contribution in [0.1, 0.15) is 19.8 Å². The van der Waals surface area contributed by atoms with Crippen molar-refractivity contribution in [2.24, 2.45) is 5.92 Å². The van der Waals surface area contributed by atoms with Gasteiger partial charge in [-0.15, -0.1) is 0 Å². The van der Waals surface area contributed by atoms with Crippen LogP contribution >= 0.6 is 0 Å². The number of anilines is 2. The third-order valence-electron chi connectivity index (χ3n) is 4.46. The summed E-state index contributed by atoms with van der Waals surface area (Å²) in [5.41, 5.74) is 7.44. The number of benzene rings is 1. The summed E-state index contributed by atoms with van der Waals surface area (Å²) in [6, 6.07) is 7.96. The third-order valence-corrected chi connectivity index (χ3v) is 4.46. The Balaban J connectivity index is 1.89. The number of nitrogens with two attached hydrogens (primary N) is 1. The Morgan fingerprint density at radius 3 is 2.37 bits per heavy atom. The maximum Gasteiger partial charge on any atom is 0.224 e. The number of amides is 1. The van der Waals surface area contributed by atoms with E-state index in [0.717, 1.165) is 17.9 Å². The molecule has 3 fully saturated rings. The molecule has 2 bridgehead atoms. The van der Waals surface area contributed by atoms with E-state index in [1.807, 2.05) is 29.2 Å². The maximum absolute atomic E-state index is 12.1. The second-order valence-corrected chi connectivity index (χ2v) is 5.69. The molecule has 0 radical (unpaired) electrons. The number of carbonyl (C=O) groups is 1. The van der Waals surface area contributed by atoms with Crippen LogP contribution in [-0.4, -0.2) is 36.5 Å². The Bertz CT molecular complexity index is 463. The Labute approximate surface area is 114 Å². The number of nitrogen functional groups attached to an aromatic ring is 1. The number of piperidine rings is 3. The molecule has 1 amide bonds. The highest BCUT2D eigenvalue weighted by Crippen LogP contribution is 2.33. The van der Waals surface area contributed by atoms with Gasteiger partial charge in [-0.25, -0.2) is 0 Å². The van der Waals surface area contributed by atoms with Gasteiger partial charge in [0.05, 0.1) is 6.04 Å². The van der Waals surface area contributed by atoms with Gasteiger partial charge in [0.2, 0.25) is 5.91 Å². The lowest BCUT2D eigenvalue weighted by molar-refractivity contribution is -0.117. The fourth-order valence-electron chi connectivity index (χ4n) is 3.47. The van der Waals surface area contributed by atoms with E-state index in [4.69, 9.17) is 5.73 Å². The smallest absolute Gasteiger partial charge is 0.224 e. The summed E-state index contributed by atoms with van der Waals surface area (Å²) in [4.78, 5) is 16.5. The van der Waals surface area contributed by atoms with Gasteiger partial charge in [0.1, 0.15) is 0 Å². The van der Waals surface area contributed by atoms with Crippen LogP contribution in [0.3, 0.4) is 0 Å². The zero-order valence-corrected chi connectivity index (χ0v) is 11.4. The zero-order chi connectivity index (χ0) is 13.4. The first-order chi connectivity index (χ1) is 9.15. The SMILES string of the molecule is CC(=O)N(c1ccc(N)cc1)C1CN2CCC1CC2. The summed E-state index contributed by atoms with van der Waals surface area (Å²) in [6.07, 6.45) is 2.42. The molecule has 0 spiro atoms. The molecule has 3 saturated heterocycles. The predicted octanol–water partition coefficient (Wildman–Crippen LogP) is 1.72. The van der Waals surface area contributed by atoms with Gasteiger partial charge in [-0.05, 0) is 56.1 Å². The highest BCUT2D eigenvalue weighted by Gasteiger charge is 2.38. The van der Waals surface area contributed by atoms with Crippen LogP contribution in [0.15, 0.2) is 24.3 Å². The molecule has 0 aromatic heterocycles. The number of hydrogen-bond acceptors (Lipinski definition) is 3. The number of fused-ring (bicyclic) bond motifs is 3. The van der Waals surface area contributed by atoms with Crippen molar-refractivity contribution in [1.82, 2.24) is 4.90 Å². The molecule has 3 heterocycles. The standard InChI is InChI=1S/C15H21N3O/c1-11(19)18(14-4-2-13(16)3-5-14)15-10-17-8-6-12(15)7-9-17/h2-5,12,15H,6-10,16H2,1H3. The summed E-state index contributed by atoms with van der Waals surface area (Å²) < 4.78 is 0. The van der Waals surface area contributed by atoms with E-state index < -0.39 is 0 Å². The van der Waals surface area contributed by atoms with Crippen molar-refractivity contribution in [3.8, 4) is 0 Å². The van der Waals surface area contributed by atoms with Crippen LogP contribution in [0.25, 0.3) is 0 Å². The van der Waals surface area contributed by atoms with Gasteiger partial charge in [-0.3, -0.25) is 4.79 Å². The van der Waals surface area contributed by atoms with E-state index in [0.29, 0.717) is 12.0 Å². The summed E-state index contributed by atoms with van der Waals surface area (Å²) in [5, 5.41) is 0. The summed E-state index contributed by atoms with van der Waals surface area (Å²) in [6.45, 7) is 5.05. The molecule has 19 heavy (non-hydrogen) atoms. The minimum Gasteiger partial charge on any atom is -0.399 e. The second-order valence-electron chi connectivity index (χ2n) is 5.69. The molecule has 4 nitrogen and oxygen atoms in total. The molecule has 1 aromatic rings. The van der Waals surface area contributed by atoms with Gasteiger partial charge in [0.25, 0.3) is 0 Å². The van der Waals surface area contributed by atoms with Crippen LogP contribution < -0.4 is 10.6 Å². The average Bonchev–Trinajstić information content (AvgIpc) is 2.42. The quantitative estimate of drug-likeness (QED) is 0.823. The van der Waals surface area contributed by atoms with E-state index in [2.05, 4.69) is 4.90 Å². The van der Waals surface area contributed by atoms with Crippen LogP contribution in [0.4, 0.5) is 11.4 Å². The van der Waals surface area contributed by atoms with Crippen molar-refractivity contribution >= 4 is 17.3 Å².